The fourth-order valence-corrected chi connectivity index (χ4v) is 13.9. The van der Waals surface area contributed by atoms with Crippen LogP contribution in [-0.2, 0) is 80.0 Å². The number of hydrogen-bond donors (Lipinski definition) is 11. The summed E-state index contributed by atoms with van der Waals surface area (Å²) in [6.07, 6.45) is 20.4. The Hall–Kier alpha value is -3.62. The average Bonchev–Trinajstić information content (AvgIpc) is 0.771. The molecule has 11 N–H and O–H groups in total. The van der Waals surface area contributed by atoms with E-state index in [-0.39, 0.29) is 64.0 Å². The molecule has 3 amide bonds. The Morgan fingerprint density at radius 1 is 0.495 bits per heavy atom. The Kier molecular flexibility index (Phi) is 54.8. The number of phosphoric ester groups is 1. The number of esters is 2. The third-order valence-electron chi connectivity index (χ3n) is 19.6. The maximum atomic E-state index is 13.7. The molecular formula is C78H142N3O25P. The topological polar surface area (TPSA) is 402 Å². The number of carbonyl (C=O) groups excluding carboxylic acids is 5. The number of unbranched alkanes of at least 4 members (excludes halogenated alkanes) is 27. The van der Waals surface area contributed by atoms with Gasteiger partial charge < -0.3 is 94.7 Å². The molecule has 0 aromatic heterocycles. The highest BCUT2D eigenvalue weighted by Crippen LogP contribution is 2.49. The Labute approximate surface area is 638 Å². The first-order valence-electron chi connectivity index (χ1n) is 40.8. The van der Waals surface area contributed by atoms with Gasteiger partial charge in [-0.3, -0.25) is 37.5 Å². The predicted molar refractivity (Wildman–Crippen MR) is 403 cm³/mol. The van der Waals surface area contributed by atoms with E-state index in [1.807, 2.05) is 6.08 Å². The van der Waals surface area contributed by atoms with Gasteiger partial charge in [0.05, 0.1) is 45.1 Å². The van der Waals surface area contributed by atoms with Crippen molar-refractivity contribution in [3.8, 4) is 0 Å². The maximum absolute atomic E-state index is 13.7. The van der Waals surface area contributed by atoms with E-state index in [0.717, 1.165) is 116 Å². The van der Waals surface area contributed by atoms with Crippen molar-refractivity contribution in [3.05, 3.63) is 24.3 Å². The van der Waals surface area contributed by atoms with Crippen molar-refractivity contribution in [2.75, 3.05) is 59.8 Å². The summed E-state index contributed by atoms with van der Waals surface area (Å²) in [7, 11) is -2.84. The van der Waals surface area contributed by atoms with Crippen LogP contribution in [0.15, 0.2) is 24.3 Å². The van der Waals surface area contributed by atoms with Gasteiger partial charge in [-0.2, -0.15) is 0 Å². The summed E-state index contributed by atoms with van der Waals surface area (Å²) in [5.74, 6) is -2.22. The van der Waals surface area contributed by atoms with E-state index in [9.17, 15) is 69.4 Å². The summed E-state index contributed by atoms with van der Waals surface area (Å²) in [4.78, 5) is 64.5. The second kappa shape index (κ2) is 60.0. The lowest BCUT2D eigenvalue weighted by molar-refractivity contribution is -0.385. The van der Waals surface area contributed by atoms with Crippen LogP contribution in [0.4, 0.5) is 0 Å². The Bertz CT molecular complexity index is 2440. The van der Waals surface area contributed by atoms with Gasteiger partial charge in [0.2, 0.25) is 17.7 Å². The molecule has 107 heavy (non-hydrogen) atoms. The van der Waals surface area contributed by atoms with Gasteiger partial charge in [-0.15, -0.1) is 0 Å². The molecule has 8 unspecified atom stereocenters. The van der Waals surface area contributed by atoms with Crippen LogP contribution < -0.4 is 16.0 Å². The lowest BCUT2D eigenvalue weighted by atomic mass is 9.95. The largest absolute Gasteiger partial charge is 0.474 e. The minimum atomic E-state index is -4.07. The number of allylic oxidation sites excluding steroid dienone is 3. The minimum absolute atomic E-state index is 0.0585. The molecule has 0 aliphatic carbocycles. The zero-order valence-corrected chi connectivity index (χ0v) is 66.5. The van der Waals surface area contributed by atoms with E-state index in [1.165, 1.54) is 78.2 Å². The third-order valence-corrected chi connectivity index (χ3v) is 21.0. The first kappa shape index (κ1) is 97.6. The zero-order valence-electron chi connectivity index (χ0n) is 65.6. The summed E-state index contributed by atoms with van der Waals surface area (Å²) in [5, 5.41) is 93.3. The van der Waals surface area contributed by atoms with Gasteiger partial charge in [0, 0.05) is 46.4 Å². The molecule has 28 nitrogen and oxygen atoms in total. The van der Waals surface area contributed by atoms with Crippen molar-refractivity contribution in [2.45, 2.75) is 377 Å². The molecule has 29 heteroatoms. The normalized spacial score (nSPS) is 25.9. The second-order valence-corrected chi connectivity index (χ2v) is 30.7. The Balaban J connectivity index is 1.38. The first-order valence-corrected chi connectivity index (χ1v) is 42.3. The monoisotopic (exact) mass is 1550 g/mol. The standard InChI is InChI=1S/C78H142N3O25P/c1-7-10-13-16-18-20-21-22-23-24-25-26-28-33-40-48-65(87)102-60(55-98-75(94)59(44-36-15-12-9-3)45-37-31-27-19-17-14-11-8-2)56-100-107(95,96-6)99-52-42-34-30-29-32-38-46-63(85)79-49-41-35-39-47-64(86)80-50-43-51-97-78-74(106-77-72(93)71(92)67(88)57(4)101-77)73(69(90)62(54-83)104-78)105-76-66(81-58(5)84)70(91)68(89)61(53-82)103-76/h22-23,37,45,57,59-62,66-74,76-78,82-83,88-93H,7-21,24-36,38-44,46-56H2,1-6H3,(H,79,85)(H,80,86)(H,81,84)/b23-22+,45-37-/t57?,59?,60-,61?,62?,66?,67-,68+,69+,70-,71+,72?,73+,74?,76-,77+,78-,107?/m1/s1. The summed E-state index contributed by atoms with van der Waals surface area (Å²) < 4.78 is 77.6. The molecule has 18 atom stereocenters. The fourth-order valence-electron chi connectivity index (χ4n) is 12.9. The number of phosphoric acid groups is 1. The average molecular weight is 1550 g/mol. The quantitative estimate of drug-likeness (QED) is 0.0117. The van der Waals surface area contributed by atoms with Gasteiger partial charge in [-0.05, 0) is 90.4 Å². The molecule has 3 aliphatic heterocycles. The molecule has 0 bridgehead atoms. The van der Waals surface area contributed by atoms with Crippen LogP contribution in [0, 0.1) is 5.92 Å². The highest BCUT2D eigenvalue weighted by molar-refractivity contribution is 7.48. The molecular weight excluding hydrogens is 1410 g/mol. The smallest absolute Gasteiger partial charge is 0.461 e. The molecule has 0 radical (unpaired) electrons. The minimum Gasteiger partial charge on any atom is -0.461 e. The van der Waals surface area contributed by atoms with E-state index >= 15 is 0 Å². The van der Waals surface area contributed by atoms with Gasteiger partial charge in [0.1, 0.15) is 73.7 Å². The second-order valence-electron chi connectivity index (χ2n) is 28.9. The van der Waals surface area contributed by atoms with Crippen LogP contribution in [0.3, 0.4) is 0 Å². The van der Waals surface area contributed by atoms with Crippen molar-refractivity contribution in [1.29, 1.82) is 0 Å². The van der Waals surface area contributed by atoms with Crippen molar-refractivity contribution in [3.63, 3.8) is 0 Å². The lowest BCUT2D eigenvalue weighted by Crippen LogP contribution is -2.68. The summed E-state index contributed by atoms with van der Waals surface area (Å²) in [6, 6.07) is -1.47. The molecule has 0 aromatic carbocycles. The molecule has 0 aromatic rings. The number of aliphatic hydroxyl groups is 8. The molecule has 3 aliphatic rings. The van der Waals surface area contributed by atoms with Crippen LogP contribution in [-0.4, -0.2) is 229 Å². The predicted octanol–water partition coefficient (Wildman–Crippen LogP) is 9.71. The van der Waals surface area contributed by atoms with Crippen LogP contribution >= 0.6 is 7.82 Å². The number of carbonyl (C=O) groups is 5. The lowest BCUT2D eigenvalue weighted by Gasteiger charge is -2.49. The fraction of sp³-hybridized carbons (Fsp3) is 0.885. The molecule has 3 fully saturated rings. The number of aliphatic hydroxyl groups excluding tert-OH is 8. The van der Waals surface area contributed by atoms with Crippen LogP contribution in [0.1, 0.15) is 279 Å². The van der Waals surface area contributed by atoms with Crippen LogP contribution in [0.2, 0.25) is 0 Å². The van der Waals surface area contributed by atoms with Gasteiger partial charge in [-0.25, -0.2) is 4.57 Å². The Morgan fingerprint density at radius 3 is 1.58 bits per heavy atom. The number of ether oxygens (including phenoxy) is 8. The third kappa shape index (κ3) is 41.6. The van der Waals surface area contributed by atoms with Crippen molar-refractivity contribution in [1.82, 2.24) is 16.0 Å². The Morgan fingerprint density at radius 2 is 1.00 bits per heavy atom. The van der Waals surface area contributed by atoms with E-state index in [0.29, 0.717) is 57.9 Å². The molecule has 3 saturated heterocycles. The summed E-state index contributed by atoms with van der Waals surface area (Å²) in [6.45, 7) is 7.55. The van der Waals surface area contributed by atoms with Crippen LogP contribution in [0.25, 0.3) is 0 Å². The van der Waals surface area contributed by atoms with E-state index in [2.05, 4.69) is 54.9 Å². The van der Waals surface area contributed by atoms with E-state index in [1.54, 1.807) is 0 Å². The first-order chi connectivity index (χ1) is 51.7. The molecule has 3 heterocycles. The maximum Gasteiger partial charge on any atom is 0.474 e. The summed E-state index contributed by atoms with van der Waals surface area (Å²) in [5.41, 5.74) is 0. The number of hydrogen-bond acceptors (Lipinski definition) is 25. The van der Waals surface area contributed by atoms with Gasteiger partial charge in [0.25, 0.3) is 0 Å². The van der Waals surface area contributed by atoms with Crippen molar-refractivity contribution < 1.29 is 121 Å². The highest BCUT2D eigenvalue weighted by atomic mass is 31.2. The highest BCUT2D eigenvalue weighted by Gasteiger charge is 2.55. The summed E-state index contributed by atoms with van der Waals surface area (Å²) >= 11 is 0. The number of amides is 3. The molecule has 0 spiro atoms. The molecule has 0 saturated carbocycles. The van der Waals surface area contributed by atoms with E-state index in [4.69, 9.17) is 51.5 Å². The van der Waals surface area contributed by atoms with Crippen molar-refractivity contribution >= 4 is 37.5 Å². The molecule has 624 valence electrons. The van der Waals surface area contributed by atoms with Gasteiger partial charge in [0.15, 0.2) is 25.0 Å². The number of nitrogens with one attached hydrogen (secondary N) is 3. The molecule has 3 rings (SSSR count). The van der Waals surface area contributed by atoms with Crippen LogP contribution in [0.5, 0.6) is 0 Å². The van der Waals surface area contributed by atoms with Crippen molar-refractivity contribution in [2.24, 2.45) is 5.92 Å². The zero-order chi connectivity index (χ0) is 78.5. The SMILES string of the molecule is CCCCCCCC/C=C\C(CCCCCC)C(=O)OC[C@H](COP(=O)(OC)OCCCCCCCCC(=O)NCCCCCC(=O)NCCCO[C@@H]1OC(CO)[C@H](O)[C@H](O[C@H]2OC(CO)[C@H](O)[C@H](O)C2NC(C)=O)C1O[C@@H]1OC(C)[C@@H](O)[C@H](O)C1O)OC(=O)CCCCCCC/C=C/CCCCCCCC. The number of rotatable bonds is 64. The van der Waals surface area contributed by atoms with Gasteiger partial charge in [-0.1, -0.05) is 186 Å². The van der Waals surface area contributed by atoms with E-state index < -0.39 is 143 Å². The van der Waals surface area contributed by atoms with Gasteiger partial charge >= 0.3 is 19.8 Å².